The van der Waals surface area contributed by atoms with E-state index in [0.717, 1.165) is 6.07 Å². The molecular weight excluding hydrogens is 259 g/mol. The van der Waals surface area contributed by atoms with Gasteiger partial charge in [0.15, 0.2) is 0 Å². The van der Waals surface area contributed by atoms with Crippen molar-refractivity contribution >= 4 is 11.7 Å². The Balaban J connectivity index is 2.68. The highest BCUT2D eigenvalue weighted by atomic mass is 19.4. The van der Waals surface area contributed by atoms with Gasteiger partial charge in [0.25, 0.3) is 0 Å². The Morgan fingerprint density at radius 2 is 1.83 bits per heavy atom. The lowest BCUT2D eigenvalue weighted by Gasteiger charge is -2.10. The molecule has 3 nitrogen and oxygen atoms in total. The maximum Gasteiger partial charge on any atom is 0.405 e. The van der Waals surface area contributed by atoms with E-state index in [4.69, 9.17) is 0 Å². The zero-order chi connectivity index (χ0) is 13.9. The molecule has 2 amide bonds. The molecule has 0 saturated carbocycles. The highest BCUT2D eigenvalue weighted by Gasteiger charge is 2.27. The second-order valence-corrected chi connectivity index (χ2v) is 3.50. The molecule has 1 aromatic carbocycles. The molecule has 18 heavy (non-hydrogen) atoms. The smallest absolute Gasteiger partial charge is 0.329 e. The van der Waals surface area contributed by atoms with Gasteiger partial charge in [-0.3, -0.25) is 0 Å². The number of hydrogen-bond acceptors (Lipinski definition) is 1. The number of carbonyl (C=O) groups excluding carboxylic acids is 1. The number of hydrogen-bond donors (Lipinski definition) is 2. The summed E-state index contributed by atoms with van der Waals surface area (Å²) < 4.78 is 61.6. The van der Waals surface area contributed by atoms with E-state index in [9.17, 15) is 26.7 Å². The van der Waals surface area contributed by atoms with Gasteiger partial charge in [0.1, 0.15) is 18.2 Å². The fraction of sp³-hybridized carbons (Fsp3) is 0.300. The van der Waals surface area contributed by atoms with E-state index in [1.54, 1.807) is 5.32 Å². The number of amides is 2. The van der Waals surface area contributed by atoms with Crippen LogP contribution in [0.5, 0.6) is 0 Å². The van der Waals surface area contributed by atoms with Crippen molar-refractivity contribution in [3.8, 4) is 0 Å². The quantitative estimate of drug-likeness (QED) is 0.795. The van der Waals surface area contributed by atoms with E-state index in [-0.39, 0.29) is 5.56 Å². The van der Waals surface area contributed by atoms with Crippen molar-refractivity contribution in [2.75, 3.05) is 11.9 Å². The molecule has 0 fully saturated rings. The second kappa shape index (κ2) is 5.19. The molecule has 0 saturated heterocycles. The fourth-order valence-corrected chi connectivity index (χ4v) is 1.09. The average Bonchev–Trinajstić information content (AvgIpc) is 2.22. The Morgan fingerprint density at radius 1 is 1.22 bits per heavy atom. The maximum atomic E-state index is 13.2. The number of anilines is 1. The van der Waals surface area contributed by atoms with Gasteiger partial charge in [-0.15, -0.1) is 0 Å². The normalized spacial score (nSPS) is 11.2. The summed E-state index contributed by atoms with van der Waals surface area (Å²) in [5, 5.41) is 3.25. The molecular formula is C10H9F5N2O. The third-order valence-corrected chi connectivity index (χ3v) is 1.95. The van der Waals surface area contributed by atoms with Crippen molar-refractivity contribution in [1.29, 1.82) is 0 Å². The summed E-state index contributed by atoms with van der Waals surface area (Å²) in [5.74, 6) is -1.71. The van der Waals surface area contributed by atoms with Crippen molar-refractivity contribution in [2.45, 2.75) is 13.1 Å². The molecule has 0 heterocycles. The van der Waals surface area contributed by atoms with E-state index in [1.165, 1.54) is 12.2 Å². The molecule has 1 rings (SSSR count). The average molecular weight is 268 g/mol. The molecule has 0 aromatic heterocycles. The molecule has 0 spiro atoms. The van der Waals surface area contributed by atoms with E-state index < -0.39 is 36.1 Å². The van der Waals surface area contributed by atoms with E-state index in [2.05, 4.69) is 0 Å². The summed E-state index contributed by atoms with van der Waals surface area (Å²) >= 11 is 0. The molecule has 1 aromatic rings. The summed E-state index contributed by atoms with van der Waals surface area (Å²) in [7, 11) is 0. The van der Waals surface area contributed by atoms with Crippen molar-refractivity contribution in [3.63, 3.8) is 0 Å². The Bertz CT molecular complexity index is 458. The summed E-state index contributed by atoms with van der Waals surface area (Å²) in [6, 6.07) is 0.251. The molecule has 0 aliphatic heterocycles. The van der Waals surface area contributed by atoms with Crippen LogP contribution in [0.1, 0.15) is 5.56 Å². The minimum Gasteiger partial charge on any atom is -0.329 e. The molecule has 100 valence electrons. The third-order valence-electron chi connectivity index (χ3n) is 1.95. The van der Waals surface area contributed by atoms with Crippen molar-refractivity contribution in [1.82, 2.24) is 5.32 Å². The SMILES string of the molecule is Cc1cc(F)c(NC(=O)NCC(F)(F)F)cc1F. The van der Waals surface area contributed by atoms with Crippen LogP contribution in [0.3, 0.4) is 0 Å². The predicted octanol–water partition coefficient (Wildman–Crippen LogP) is 2.96. The molecule has 0 radical (unpaired) electrons. The molecule has 2 N–H and O–H groups in total. The lowest BCUT2D eigenvalue weighted by atomic mass is 10.2. The van der Waals surface area contributed by atoms with Crippen LogP contribution in [-0.4, -0.2) is 18.8 Å². The highest BCUT2D eigenvalue weighted by Crippen LogP contribution is 2.19. The molecule has 8 heteroatoms. The van der Waals surface area contributed by atoms with Crippen LogP contribution in [0.2, 0.25) is 0 Å². The first-order valence-electron chi connectivity index (χ1n) is 4.76. The molecule has 0 aliphatic carbocycles. The number of carbonyl (C=O) groups is 1. The Kier molecular flexibility index (Phi) is 4.10. The van der Waals surface area contributed by atoms with Crippen molar-refractivity contribution in [3.05, 3.63) is 29.3 Å². The number of urea groups is 1. The summed E-state index contributed by atoms with van der Waals surface area (Å²) in [6.45, 7) is -0.249. The summed E-state index contributed by atoms with van der Waals surface area (Å²) in [6.07, 6.45) is -4.57. The van der Waals surface area contributed by atoms with Gasteiger partial charge in [0.2, 0.25) is 0 Å². The van der Waals surface area contributed by atoms with Crippen LogP contribution in [0.25, 0.3) is 0 Å². The molecule has 0 atom stereocenters. The fourth-order valence-electron chi connectivity index (χ4n) is 1.09. The van der Waals surface area contributed by atoms with Crippen LogP contribution in [-0.2, 0) is 0 Å². The van der Waals surface area contributed by atoms with Gasteiger partial charge in [0, 0.05) is 6.07 Å². The van der Waals surface area contributed by atoms with E-state index >= 15 is 0 Å². The third kappa shape index (κ3) is 4.19. The lowest BCUT2D eigenvalue weighted by molar-refractivity contribution is -0.122. The lowest BCUT2D eigenvalue weighted by Crippen LogP contribution is -2.36. The van der Waals surface area contributed by atoms with Gasteiger partial charge in [-0.2, -0.15) is 13.2 Å². The minimum atomic E-state index is -4.57. The van der Waals surface area contributed by atoms with Gasteiger partial charge < -0.3 is 10.6 Å². The van der Waals surface area contributed by atoms with E-state index in [0.29, 0.717) is 6.07 Å². The van der Waals surface area contributed by atoms with Crippen LogP contribution in [0.15, 0.2) is 12.1 Å². The van der Waals surface area contributed by atoms with Gasteiger partial charge in [-0.1, -0.05) is 0 Å². The zero-order valence-electron chi connectivity index (χ0n) is 9.16. The molecule has 0 aliphatic rings. The first kappa shape index (κ1) is 14.2. The Labute approximate surface area is 99.0 Å². The number of benzene rings is 1. The van der Waals surface area contributed by atoms with Gasteiger partial charge in [-0.25, -0.2) is 13.6 Å². The van der Waals surface area contributed by atoms with Crippen LogP contribution >= 0.6 is 0 Å². The predicted molar refractivity (Wildman–Crippen MR) is 54.2 cm³/mol. The minimum absolute atomic E-state index is 0.0220. The maximum absolute atomic E-state index is 13.2. The van der Waals surface area contributed by atoms with Crippen LogP contribution in [0, 0.1) is 18.6 Å². The number of aryl methyl sites for hydroxylation is 1. The van der Waals surface area contributed by atoms with Crippen LogP contribution in [0.4, 0.5) is 32.4 Å². The Morgan fingerprint density at radius 3 is 2.39 bits per heavy atom. The topological polar surface area (TPSA) is 41.1 Å². The number of halogens is 5. The van der Waals surface area contributed by atoms with Crippen molar-refractivity contribution < 1.29 is 26.7 Å². The zero-order valence-corrected chi connectivity index (χ0v) is 9.16. The van der Waals surface area contributed by atoms with E-state index in [1.807, 2.05) is 0 Å². The number of alkyl halides is 3. The standard InChI is InChI=1S/C10H9F5N2O/c1-5-2-7(12)8(3-6(5)11)17-9(18)16-4-10(13,14)15/h2-3H,4H2,1H3,(H2,16,17,18). The van der Waals surface area contributed by atoms with Gasteiger partial charge in [0.05, 0.1) is 5.69 Å². The first-order chi connectivity index (χ1) is 8.19. The molecule has 0 bridgehead atoms. The molecule has 0 unspecified atom stereocenters. The summed E-state index contributed by atoms with van der Waals surface area (Å²) in [5.41, 5.74) is -0.508. The van der Waals surface area contributed by atoms with Crippen molar-refractivity contribution in [2.24, 2.45) is 0 Å². The largest absolute Gasteiger partial charge is 0.405 e. The number of rotatable bonds is 2. The first-order valence-corrected chi connectivity index (χ1v) is 4.76. The van der Waals surface area contributed by atoms with Gasteiger partial charge >= 0.3 is 12.2 Å². The Hall–Kier alpha value is -1.86. The van der Waals surface area contributed by atoms with Gasteiger partial charge in [-0.05, 0) is 18.6 Å². The highest BCUT2D eigenvalue weighted by molar-refractivity contribution is 5.89. The monoisotopic (exact) mass is 268 g/mol. The summed E-state index contributed by atoms with van der Waals surface area (Å²) in [4.78, 5) is 11.0. The van der Waals surface area contributed by atoms with Crippen LogP contribution < -0.4 is 10.6 Å². The second-order valence-electron chi connectivity index (χ2n) is 3.50. The number of nitrogens with one attached hydrogen (secondary N) is 2.